The standard InChI is InChI=1S/C17H17NO5/c1-10(19)14-15(11(2)20)17(22-16(14,3)21)9-13(18-23-17)12-7-5-4-6-8-12/h4-8,21H,9H2,1-3H3/t16-,17+/m1/s1. The molecule has 0 aromatic heterocycles. The summed E-state index contributed by atoms with van der Waals surface area (Å²) >= 11 is 0. The van der Waals surface area contributed by atoms with Crippen molar-refractivity contribution in [2.24, 2.45) is 5.16 Å². The molecule has 3 rings (SSSR count). The van der Waals surface area contributed by atoms with Crippen molar-refractivity contribution < 1.29 is 24.3 Å². The molecular weight excluding hydrogens is 298 g/mol. The summed E-state index contributed by atoms with van der Waals surface area (Å²) in [5, 5.41) is 14.5. The Labute approximate surface area is 133 Å². The Balaban J connectivity index is 2.05. The number of ether oxygens (including phenoxy) is 1. The van der Waals surface area contributed by atoms with Crippen molar-refractivity contribution in [3.63, 3.8) is 0 Å². The molecule has 2 atom stereocenters. The topological polar surface area (TPSA) is 85.2 Å². The number of nitrogens with zero attached hydrogens (tertiary/aromatic N) is 1. The van der Waals surface area contributed by atoms with Crippen LogP contribution in [0.25, 0.3) is 0 Å². The number of Topliss-reactive ketones (excluding diaryl/α,β-unsaturated/α-hetero) is 2. The molecule has 0 fully saturated rings. The van der Waals surface area contributed by atoms with E-state index >= 15 is 0 Å². The minimum Gasteiger partial charge on any atom is -0.362 e. The normalized spacial score (nSPS) is 29.7. The van der Waals surface area contributed by atoms with E-state index in [1.54, 1.807) is 0 Å². The molecule has 2 aliphatic rings. The third-order valence-electron chi connectivity index (χ3n) is 3.97. The van der Waals surface area contributed by atoms with Crippen molar-refractivity contribution in [3.05, 3.63) is 47.0 Å². The molecule has 120 valence electrons. The summed E-state index contributed by atoms with van der Waals surface area (Å²) in [5.74, 6) is -4.28. The molecule has 2 aliphatic heterocycles. The van der Waals surface area contributed by atoms with Crippen molar-refractivity contribution in [1.82, 2.24) is 0 Å². The van der Waals surface area contributed by atoms with Gasteiger partial charge in [0.05, 0.1) is 23.3 Å². The van der Waals surface area contributed by atoms with Gasteiger partial charge in [0.25, 0.3) is 5.79 Å². The van der Waals surface area contributed by atoms with Gasteiger partial charge in [-0.05, 0) is 26.3 Å². The van der Waals surface area contributed by atoms with Gasteiger partial charge in [0.2, 0.25) is 0 Å². The quantitative estimate of drug-likeness (QED) is 0.918. The van der Waals surface area contributed by atoms with Crippen LogP contribution >= 0.6 is 0 Å². The first-order valence-corrected chi connectivity index (χ1v) is 7.27. The van der Waals surface area contributed by atoms with Crippen LogP contribution < -0.4 is 0 Å². The summed E-state index contributed by atoms with van der Waals surface area (Å²) in [7, 11) is 0. The lowest BCUT2D eigenvalue weighted by atomic mass is 9.90. The average Bonchev–Trinajstić information content (AvgIpc) is 2.98. The fourth-order valence-corrected chi connectivity index (χ4v) is 3.18. The molecule has 1 N–H and O–H groups in total. The number of ketones is 2. The third kappa shape index (κ3) is 2.40. The lowest BCUT2D eigenvalue weighted by molar-refractivity contribution is -0.281. The van der Waals surface area contributed by atoms with Crippen molar-refractivity contribution in [2.45, 2.75) is 38.8 Å². The maximum absolute atomic E-state index is 12.1. The lowest BCUT2D eigenvalue weighted by Crippen LogP contribution is -2.39. The average molecular weight is 315 g/mol. The zero-order chi connectivity index (χ0) is 16.8. The van der Waals surface area contributed by atoms with E-state index in [1.807, 2.05) is 30.3 Å². The molecule has 0 amide bonds. The maximum atomic E-state index is 12.1. The van der Waals surface area contributed by atoms with Crippen LogP contribution in [0.1, 0.15) is 32.8 Å². The number of carbonyl (C=O) groups is 2. The predicted octanol–water partition coefficient (Wildman–Crippen LogP) is 1.72. The van der Waals surface area contributed by atoms with Gasteiger partial charge in [-0.3, -0.25) is 14.3 Å². The molecule has 1 aromatic rings. The molecule has 0 bridgehead atoms. The Bertz CT molecular complexity index is 748. The Morgan fingerprint density at radius 2 is 1.74 bits per heavy atom. The number of hydrogen-bond acceptors (Lipinski definition) is 6. The molecule has 1 spiro atoms. The van der Waals surface area contributed by atoms with E-state index in [4.69, 9.17) is 9.57 Å². The van der Waals surface area contributed by atoms with Crippen LogP contribution in [-0.2, 0) is 19.2 Å². The Hall–Kier alpha value is -2.31. The van der Waals surface area contributed by atoms with Crippen molar-refractivity contribution >= 4 is 17.3 Å². The van der Waals surface area contributed by atoms with Crippen LogP contribution in [0.15, 0.2) is 46.6 Å². The number of benzene rings is 1. The molecule has 2 heterocycles. The Kier molecular flexibility index (Phi) is 3.46. The van der Waals surface area contributed by atoms with Crippen LogP contribution in [0.4, 0.5) is 0 Å². The smallest absolute Gasteiger partial charge is 0.275 e. The van der Waals surface area contributed by atoms with Crippen molar-refractivity contribution in [1.29, 1.82) is 0 Å². The minimum atomic E-state index is -1.89. The lowest BCUT2D eigenvalue weighted by Gasteiger charge is -2.26. The first-order valence-electron chi connectivity index (χ1n) is 7.27. The van der Waals surface area contributed by atoms with E-state index in [1.165, 1.54) is 20.8 Å². The highest BCUT2D eigenvalue weighted by Crippen LogP contribution is 2.47. The van der Waals surface area contributed by atoms with E-state index in [2.05, 4.69) is 5.16 Å². The zero-order valence-corrected chi connectivity index (χ0v) is 13.1. The molecule has 1 aromatic carbocycles. The van der Waals surface area contributed by atoms with Gasteiger partial charge in [-0.15, -0.1) is 0 Å². The van der Waals surface area contributed by atoms with Crippen LogP contribution in [0, 0.1) is 0 Å². The van der Waals surface area contributed by atoms with Gasteiger partial charge in [0.1, 0.15) is 0 Å². The summed E-state index contributed by atoms with van der Waals surface area (Å²) in [6.45, 7) is 3.92. The van der Waals surface area contributed by atoms with Crippen LogP contribution in [0.3, 0.4) is 0 Å². The second kappa shape index (κ2) is 5.11. The highest BCUT2D eigenvalue weighted by molar-refractivity contribution is 6.10. The van der Waals surface area contributed by atoms with Gasteiger partial charge in [0.15, 0.2) is 17.4 Å². The molecule has 23 heavy (non-hydrogen) atoms. The molecule has 6 heteroatoms. The molecule has 0 saturated carbocycles. The summed E-state index contributed by atoms with van der Waals surface area (Å²) in [4.78, 5) is 29.5. The van der Waals surface area contributed by atoms with Crippen LogP contribution in [0.2, 0.25) is 0 Å². The number of oxime groups is 1. The fraction of sp³-hybridized carbons (Fsp3) is 0.353. The fourth-order valence-electron chi connectivity index (χ4n) is 3.18. The molecule has 0 saturated heterocycles. The summed E-state index contributed by atoms with van der Waals surface area (Å²) in [6, 6.07) is 9.31. The number of hydrogen-bond donors (Lipinski definition) is 1. The molecule has 6 nitrogen and oxygen atoms in total. The minimum absolute atomic E-state index is 0.0321. The van der Waals surface area contributed by atoms with Crippen molar-refractivity contribution in [2.75, 3.05) is 0 Å². The first kappa shape index (κ1) is 15.6. The van der Waals surface area contributed by atoms with E-state index in [-0.39, 0.29) is 17.6 Å². The van der Waals surface area contributed by atoms with Gasteiger partial charge in [-0.2, -0.15) is 0 Å². The van der Waals surface area contributed by atoms with Gasteiger partial charge >= 0.3 is 0 Å². The van der Waals surface area contributed by atoms with Gasteiger partial charge in [-0.25, -0.2) is 0 Å². The monoisotopic (exact) mass is 315 g/mol. The molecule has 0 radical (unpaired) electrons. The van der Waals surface area contributed by atoms with E-state index in [0.717, 1.165) is 5.56 Å². The summed E-state index contributed by atoms with van der Waals surface area (Å²) in [5.41, 5.74) is 1.37. The van der Waals surface area contributed by atoms with Crippen LogP contribution in [-0.4, -0.2) is 34.0 Å². The number of rotatable bonds is 3. The van der Waals surface area contributed by atoms with Gasteiger partial charge in [0, 0.05) is 0 Å². The number of carbonyl (C=O) groups excluding carboxylic acids is 2. The predicted molar refractivity (Wildman–Crippen MR) is 81.5 cm³/mol. The second-order valence-electron chi connectivity index (χ2n) is 5.87. The highest BCUT2D eigenvalue weighted by Gasteiger charge is 2.60. The summed E-state index contributed by atoms with van der Waals surface area (Å²) in [6.07, 6.45) is 0.138. The second-order valence-corrected chi connectivity index (χ2v) is 5.87. The van der Waals surface area contributed by atoms with Gasteiger partial charge < -0.3 is 9.94 Å². The van der Waals surface area contributed by atoms with E-state index in [9.17, 15) is 14.7 Å². The zero-order valence-electron chi connectivity index (χ0n) is 13.1. The van der Waals surface area contributed by atoms with E-state index in [0.29, 0.717) is 5.71 Å². The highest BCUT2D eigenvalue weighted by atomic mass is 16.8. The SMILES string of the molecule is CC(=O)C1=C(C(C)=O)[C@](C)(O)O[C@]12CC(c1ccccc1)=NO2. The maximum Gasteiger partial charge on any atom is 0.275 e. The molecule has 0 aliphatic carbocycles. The van der Waals surface area contributed by atoms with Crippen molar-refractivity contribution in [3.8, 4) is 0 Å². The first-order chi connectivity index (χ1) is 10.8. The third-order valence-corrected chi connectivity index (χ3v) is 3.97. The Morgan fingerprint density at radius 3 is 2.30 bits per heavy atom. The van der Waals surface area contributed by atoms with Crippen LogP contribution in [0.5, 0.6) is 0 Å². The molecule has 0 unspecified atom stereocenters. The summed E-state index contributed by atoms with van der Waals surface area (Å²) < 4.78 is 5.60. The molecular formula is C17H17NO5. The Morgan fingerprint density at radius 1 is 1.13 bits per heavy atom. The van der Waals surface area contributed by atoms with Gasteiger partial charge in [-0.1, -0.05) is 35.5 Å². The number of aliphatic hydroxyl groups is 1. The van der Waals surface area contributed by atoms with E-state index < -0.39 is 23.1 Å². The largest absolute Gasteiger partial charge is 0.362 e.